The first-order valence-electron chi connectivity index (χ1n) is 5.50. The van der Waals surface area contributed by atoms with Gasteiger partial charge >= 0.3 is 11.9 Å². The molecule has 0 fully saturated rings. The van der Waals surface area contributed by atoms with Crippen molar-refractivity contribution < 1.29 is 23.5 Å². The predicted molar refractivity (Wildman–Crippen MR) is 63.5 cm³/mol. The van der Waals surface area contributed by atoms with Gasteiger partial charge in [-0.05, 0) is 11.6 Å². The fourth-order valence-electron chi connectivity index (χ4n) is 1.46. The second-order valence-electron chi connectivity index (χ2n) is 3.81. The van der Waals surface area contributed by atoms with E-state index in [4.69, 9.17) is 0 Å². The molecule has 0 bridgehead atoms. The van der Waals surface area contributed by atoms with Crippen LogP contribution in [0.15, 0.2) is 18.5 Å². The Bertz CT molecular complexity index is 435. The van der Waals surface area contributed by atoms with Gasteiger partial charge in [-0.1, -0.05) is 0 Å². The molecule has 1 aromatic rings. The number of carbonyl (C=O) groups is 2. The van der Waals surface area contributed by atoms with Crippen molar-refractivity contribution in [2.45, 2.75) is 6.54 Å². The summed E-state index contributed by atoms with van der Waals surface area (Å²) < 4.78 is 22.1. The number of nitrogens with zero attached hydrogens (tertiary/aromatic N) is 2. The highest BCUT2D eigenvalue weighted by Gasteiger charge is 2.16. The number of ether oxygens (including phenoxy) is 2. The Hall–Kier alpha value is -2.02. The fraction of sp³-hybridized carbons (Fsp3) is 0.417. The Kier molecular flexibility index (Phi) is 5.87. The number of methoxy groups -OCH3 is 2. The number of pyridine rings is 1. The van der Waals surface area contributed by atoms with E-state index in [9.17, 15) is 14.0 Å². The number of rotatable bonds is 6. The van der Waals surface area contributed by atoms with Gasteiger partial charge in [-0.15, -0.1) is 0 Å². The van der Waals surface area contributed by atoms with Crippen LogP contribution < -0.4 is 0 Å². The van der Waals surface area contributed by atoms with E-state index in [1.807, 2.05) is 0 Å². The number of carbonyl (C=O) groups excluding carboxylic acids is 2. The Morgan fingerprint density at radius 1 is 1.21 bits per heavy atom. The average Bonchev–Trinajstić information content (AvgIpc) is 2.38. The summed E-state index contributed by atoms with van der Waals surface area (Å²) in [5.74, 6) is -1.46. The summed E-state index contributed by atoms with van der Waals surface area (Å²) in [4.78, 5) is 27.7. The summed E-state index contributed by atoms with van der Waals surface area (Å²) in [6.07, 6.45) is 2.54. The van der Waals surface area contributed by atoms with E-state index in [0.717, 1.165) is 6.20 Å². The fourth-order valence-corrected chi connectivity index (χ4v) is 1.46. The molecule has 0 N–H and O–H groups in total. The van der Waals surface area contributed by atoms with Crippen molar-refractivity contribution >= 4 is 11.9 Å². The van der Waals surface area contributed by atoms with Gasteiger partial charge < -0.3 is 9.47 Å². The molecular weight excluding hydrogens is 255 g/mol. The highest BCUT2D eigenvalue weighted by atomic mass is 19.1. The van der Waals surface area contributed by atoms with Crippen molar-refractivity contribution in [1.82, 2.24) is 9.88 Å². The molecular formula is C12H15FN2O4. The first-order valence-corrected chi connectivity index (χ1v) is 5.50. The van der Waals surface area contributed by atoms with E-state index in [1.165, 1.54) is 31.4 Å². The molecule has 0 radical (unpaired) electrons. The maximum absolute atomic E-state index is 13.0. The van der Waals surface area contributed by atoms with Gasteiger partial charge in [0.15, 0.2) is 0 Å². The standard InChI is InChI=1S/C12H15FN2O4/c1-18-11(16)7-15(8-12(17)19-2)6-9-3-10(13)5-14-4-9/h3-5H,6-8H2,1-2H3. The highest BCUT2D eigenvalue weighted by molar-refractivity contribution is 5.74. The molecule has 0 unspecified atom stereocenters. The van der Waals surface area contributed by atoms with Crippen molar-refractivity contribution in [2.75, 3.05) is 27.3 Å². The van der Waals surface area contributed by atoms with Crippen molar-refractivity contribution in [3.8, 4) is 0 Å². The molecule has 1 aromatic heterocycles. The quantitative estimate of drug-likeness (QED) is 0.696. The van der Waals surface area contributed by atoms with Gasteiger partial charge in [0.2, 0.25) is 0 Å². The van der Waals surface area contributed by atoms with E-state index in [2.05, 4.69) is 14.5 Å². The molecule has 0 atom stereocenters. The molecule has 1 rings (SSSR count). The lowest BCUT2D eigenvalue weighted by Gasteiger charge is -2.19. The third-order valence-corrected chi connectivity index (χ3v) is 2.33. The predicted octanol–water partition coefficient (Wildman–Crippen LogP) is 0.369. The van der Waals surface area contributed by atoms with Gasteiger partial charge in [0.25, 0.3) is 0 Å². The average molecular weight is 270 g/mol. The topological polar surface area (TPSA) is 68.7 Å². The van der Waals surface area contributed by atoms with Crippen LogP contribution in [0.3, 0.4) is 0 Å². The van der Waals surface area contributed by atoms with Crippen LogP contribution in [0.1, 0.15) is 5.56 Å². The molecule has 0 aliphatic heterocycles. The van der Waals surface area contributed by atoms with E-state index < -0.39 is 17.8 Å². The van der Waals surface area contributed by atoms with Crippen LogP contribution in [0.4, 0.5) is 4.39 Å². The van der Waals surface area contributed by atoms with Crippen molar-refractivity contribution in [1.29, 1.82) is 0 Å². The molecule has 0 spiro atoms. The molecule has 0 saturated heterocycles. The third-order valence-electron chi connectivity index (χ3n) is 2.33. The summed E-state index contributed by atoms with van der Waals surface area (Å²) in [6.45, 7) is -0.000807. The van der Waals surface area contributed by atoms with Gasteiger partial charge in [-0.2, -0.15) is 0 Å². The van der Waals surface area contributed by atoms with Gasteiger partial charge in [0.1, 0.15) is 5.82 Å². The molecule has 0 aliphatic rings. The molecule has 7 heteroatoms. The number of aromatic nitrogens is 1. The van der Waals surface area contributed by atoms with E-state index >= 15 is 0 Å². The van der Waals surface area contributed by atoms with Crippen molar-refractivity contribution in [3.05, 3.63) is 29.8 Å². The lowest BCUT2D eigenvalue weighted by Crippen LogP contribution is -2.35. The molecule has 0 aromatic carbocycles. The molecule has 19 heavy (non-hydrogen) atoms. The lowest BCUT2D eigenvalue weighted by atomic mass is 10.2. The van der Waals surface area contributed by atoms with Crippen LogP contribution >= 0.6 is 0 Å². The van der Waals surface area contributed by atoms with Gasteiger partial charge in [0, 0.05) is 12.7 Å². The molecule has 0 saturated carbocycles. The summed E-state index contributed by atoms with van der Waals surface area (Å²) in [5.41, 5.74) is 0.549. The normalized spacial score (nSPS) is 10.3. The zero-order chi connectivity index (χ0) is 14.3. The molecule has 6 nitrogen and oxygen atoms in total. The molecule has 1 heterocycles. The summed E-state index contributed by atoms with van der Waals surface area (Å²) >= 11 is 0. The van der Waals surface area contributed by atoms with Gasteiger partial charge in [0.05, 0.1) is 33.5 Å². The monoisotopic (exact) mass is 270 g/mol. The van der Waals surface area contributed by atoms with Crippen LogP contribution in [-0.4, -0.2) is 49.1 Å². The van der Waals surface area contributed by atoms with Crippen molar-refractivity contribution in [2.24, 2.45) is 0 Å². The minimum Gasteiger partial charge on any atom is -0.468 e. The number of hydrogen-bond donors (Lipinski definition) is 0. The Balaban J connectivity index is 2.72. The van der Waals surface area contributed by atoms with Crippen LogP contribution in [0, 0.1) is 5.82 Å². The molecule has 0 amide bonds. The maximum Gasteiger partial charge on any atom is 0.319 e. The second kappa shape index (κ2) is 7.42. The largest absolute Gasteiger partial charge is 0.468 e. The van der Waals surface area contributed by atoms with Crippen LogP contribution in [0.2, 0.25) is 0 Å². The van der Waals surface area contributed by atoms with Crippen LogP contribution in [0.5, 0.6) is 0 Å². The smallest absolute Gasteiger partial charge is 0.319 e. The summed E-state index contributed by atoms with van der Waals surface area (Å²) in [6, 6.07) is 1.29. The first kappa shape index (κ1) is 15.0. The zero-order valence-electron chi connectivity index (χ0n) is 10.8. The molecule has 0 aliphatic carbocycles. The maximum atomic E-state index is 13.0. The number of esters is 2. The van der Waals surface area contributed by atoms with Gasteiger partial charge in [-0.3, -0.25) is 19.5 Å². The Morgan fingerprint density at radius 3 is 2.26 bits per heavy atom. The summed E-state index contributed by atoms with van der Waals surface area (Å²) in [5, 5.41) is 0. The minimum atomic E-state index is -0.492. The zero-order valence-corrected chi connectivity index (χ0v) is 10.8. The van der Waals surface area contributed by atoms with Crippen LogP contribution in [-0.2, 0) is 25.6 Å². The Morgan fingerprint density at radius 2 is 1.79 bits per heavy atom. The minimum absolute atomic E-state index is 0.0951. The lowest BCUT2D eigenvalue weighted by molar-refractivity contribution is -0.145. The highest BCUT2D eigenvalue weighted by Crippen LogP contribution is 2.06. The third kappa shape index (κ3) is 5.43. The number of halogens is 1. The van der Waals surface area contributed by atoms with Crippen molar-refractivity contribution in [3.63, 3.8) is 0 Å². The SMILES string of the molecule is COC(=O)CN(CC(=O)OC)Cc1cncc(F)c1. The number of hydrogen-bond acceptors (Lipinski definition) is 6. The first-order chi connectivity index (χ1) is 9.05. The summed E-state index contributed by atoms with van der Waals surface area (Å²) in [7, 11) is 2.50. The Labute approximate surface area is 110 Å². The second-order valence-corrected chi connectivity index (χ2v) is 3.81. The van der Waals surface area contributed by atoms with E-state index in [0.29, 0.717) is 5.56 Å². The van der Waals surface area contributed by atoms with E-state index in [-0.39, 0.29) is 19.6 Å². The van der Waals surface area contributed by atoms with E-state index in [1.54, 1.807) is 0 Å². The van der Waals surface area contributed by atoms with Gasteiger partial charge in [-0.25, -0.2) is 4.39 Å². The molecule has 104 valence electrons. The van der Waals surface area contributed by atoms with Crippen LogP contribution in [0.25, 0.3) is 0 Å².